The summed E-state index contributed by atoms with van der Waals surface area (Å²) in [6.45, 7) is 5.74. The van der Waals surface area contributed by atoms with Crippen molar-refractivity contribution in [1.82, 2.24) is 19.9 Å². The van der Waals surface area contributed by atoms with Crippen LogP contribution in [0, 0.1) is 0 Å². The third kappa shape index (κ3) is 2.81. The van der Waals surface area contributed by atoms with Crippen molar-refractivity contribution in [3.8, 4) is 0 Å². The van der Waals surface area contributed by atoms with Gasteiger partial charge in [-0.25, -0.2) is 9.97 Å². The van der Waals surface area contributed by atoms with E-state index in [9.17, 15) is 4.79 Å². The third-order valence-corrected chi connectivity index (χ3v) is 5.52. The molecular formula is C17H19N5OS. The fourth-order valence-electron chi connectivity index (χ4n) is 3.14. The lowest BCUT2D eigenvalue weighted by atomic mass is 10.2. The van der Waals surface area contributed by atoms with Gasteiger partial charge in [0.15, 0.2) is 0 Å². The van der Waals surface area contributed by atoms with Gasteiger partial charge in [-0.05, 0) is 19.1 Å². The standard InChI is InChI=1S/C17H19N5OS/c1-12(16-18-6-11-24-16)21-7-9-22(10-8-21)17-19-14-5-3-2-4-13(14)15(23)20-17/h2-6,11-12H,7-10H2,1H3,(H,19,20,23). The first kappa shape index (κ1) is 15.3. The predicted molar refractivity (Wildman–Crippen MR) is 96.7 cm³/mol. The van der Waals surface area contributed by atoms with Crippen molar-refractivity contribution in [3.63, 3.8) is 0 Å². The first-order chi connectivity index (χ1) is 11.7. The molecule has 0 saturated carbocycles. The lowest BCUT2D eigenvalue weighted by Gasteiger charge is -2.37. The van der Waals surface area contributed by atoms with Crippen molar-refractivity contribution in [1.29, 1.82) is 0 Å². The van der Waals surface area contributed by atoms with E-state index < -0.39 is 0 Å². The summed E-state index contributed by atoms with van der Waals surface area (Å²) in [6, 6.07) is 7.79. The van der Waals surface area contributed by atoms with E-state index in [2.05, 4.69) is 31.7 Å². The molecule has 2 aromatic heterocycles. The molecule has 1 fully saturated rings. The number of benzene rings is 1. The molecule has 0 spiro atoms. The molecule has 3 aromatic rings. The Bertz CT molecular complexity index is 883. The van der Waals surface area contributed by atoms with Crippen LogP contribution in [0.1, 0.15) is 18.0 Å². The smallest absolute Gasteiger partial charge is 0.260 e. The van der Waals surface area contributed by atoms with Crippen LogP contribution in [0.4, 0.5) is 5.95 Å². The van der Waals surface area contributed by atoms with Gasteiger partial charge in [-0.2, -0.15) is 0 Å². The van der Waals surface area contributed by atoms with Gasteiger partial charge in [0.05, 0.1) is 16.9 Å². The fourth-order valence-corrected chi connectivity index (χ4v) is 3.87. The van der Waals surface area contributed by atoms with E-state index in [0.29, 0.717) is 17.4 Å². The summed E-state index contributed by atoms with van der Waals surface area (Å²) < 4.78 is 0. The van der Waals surface area contributed by atoms with Gasteiger partial charge < -0.3 is 4.90 Å². The molecule has 0 amide bonds. The average molecular weight is 341 g/mol. The van der Waals surface area contributed by atoms with E-state index in [1.165, 1.54) is 0 Å². The summed E-state index contributed by atoms with van der Waals surface area (Å²) >= 11 is 1.70. The van der Waals surface area contributed by atoms with E-state index >= 15 is 0 Å². The molecule has 1 atom stereocenters. The first-order valence-corrected chi connectivity index (χ1v) is 8.98. The Kier molecular flexibility index (Phi) is 4.03. The highest BCUT2D eigenvalue weighted by Gasteiger charge is 2.24. The van der Waals surface area contributed by atoms with Crippen LogP contribution < -0.4 is 10.5 Å². The Morgan fingerprint density at radius 3 is 2.75 bits per heavy atom. The number of hydrogen-bond acceptors (Lipinski definition) is 6. The second-order valence-corrected chi connectivity index (χ2v) is 6.90. The van der Waals surface area contributed by atoms with Crippen molar-refractivity contribution in [2.75, 3.05) is 31.1 Å². The lowest BCUT2D eigenvalue weighted by molar-refractivity contribution is 0.197. The zero-order chi connectivity index (χ0) is 16.5. The summed E-state index contributed by atoms with van der Waals surface area (Å²) in [7, 11) is 0. The van der Waals surface area contributed by atoms with Gasteiger partial charge in [0.2, 0.25) is 5.95 Å². The number of aromatic amines is 1. The molecule has 124 valence electrons. The first-order valence-electron chi connectivity index (χ1n) is 8.10. The molecule has 6 nitrogen and oxygen atoms in total. The van der Waals surface area contributed by atoms with Crippen molar-refractivity contribution >= 4 is 28.2 Å². The van der Waals surface area contributed by atoms with Crippen LogP contribution >= 0.6 is 11.3 Å². The molecule has 0 radical (unpaired) electrons. The molecule has 1 aliphatic rings. The predicted octanol–water partition coefficient (Wildman–Crippen LogP) is 2.26. The number of aromatic nitrogens is 3. The molecule has 1 aromatic carbocycles. The van der Waals surface area contributed by atoms with Crippen LogP contribution in [-0.4, -0.2) is 46.0 Å². The fraction of sp³-hybridized carbons (Fsp3) is 0.353. The van der Waals surface area contributed by atoms with Crippen LogP contribution in [0.5, 0.6) is 0 Å². The number of para-hydroxylation sites is 1. The second kappa shape index (κ2) is 6.33. The van der Waals surface area contributed by atoms with E-state index in [0.717, 1.165) is 36.7 Å². The minimum Gasteiger partial charge on any atom is -0.340 e. The second-order valence-electron chi connectivity index (χ2n) is 5.98. The highest BCUT2D eigenvalue weighted by atomic mass is 32.1. The van der Waals surface area contributed by atoms with E-state index in [-0.39, 0.29) is 5.56 Å². The highest BCUT2D eigenvalue weighted by Crippen LogP contribution is 2.24. The number of rotatable bonds is 3. The summed E-state index contributed by atoms with van der Waals surface area (Å²) in [5.74, 6) is 0.667. The quantitative estimate of drug-likeness (QED) is 0.792. The maximum Gasteiger partial charge on any atom is 0.260 e. The topological polar surface area (TPSA) is 65.1 Å². The van der Waals surface area contributed by atoms with E-state index in [4.69, 9.17) is 0 Å². The number of piperazine rings is 1. The van der Waals surface area contributed by atoms with Crippen LogP contribution in [0.25, 0.3) is 10.9 Å². The number of fused-ring (bicyclic) bond motifs is 1. The number of thiazole rings is 1. The average Bonchev–Trinajstić information content (AvgIpc) is 3.16. The van der Waals surface area contributed by atoms with Crippen LogP contribution in [0.15, 0.2) is 40.6 Å². The lowest BCUT2D eigenvalue weighted by Crippen LogP contribution is -2.48. The number of H-pyrrole nitrogens is 1. The monoisotopic (exact) mass is 341 g/mol. The molecule has 1 saturated heterocycles. The zero-order valence-corrected chi connectivity index (χ0v) is 14.3. The van der Waals surface area contributed by atoms with Crippen molar-refractivity contribution in [2.24, 2.45) is 0 Å². The summed E-state index contributed by atoms with van der Waals surface area (Å²) in [4.78, 5) is 28.8. The molecule has 3 heterocycles. The van der Waals surface area contributed by atoms with E-state index in [1.807, 2.05) is 29.8 Å². The molecule has 1 unspecified atom stereocenters. The van der Waals surface area contributed by atoms with Crippen molar-refractivity contribution < 1.29 is 0 Å². The minimum absolute atomic E-state index is 0.0748. The van der Waals surface area contributed by atoms with Gasteiger partial charge in [0.25, 0.3) is 5.56 Å². The molecule has 1 N–H and O–H groups in total. The summed E-state index contributed by atoms with van der Waals surface area (Å²) in [5.41, 5.74) is 0.670. The van der Waals surface area contributed by atoms with Crippen molar-refractivity contribution in [3.05, 3.63) is 51.2 Å². The van der Waals surface area contributed by atoms with Gasteiger partial charge in [0, 0.05) is 37.8 Å². The maximum absolute atomic E-state index is 12.2. The molecule has 4 rings (SSSR count). The van der Waals surface area contributed by atoms with Crippen LogP contribution in [0.3, 0.4) is 0 Å². The SMILES string of the molecule is CC(c1nccs1)N1CCN(c2nc3ccccc3c(=O)[nH]2)CC1. The summed E-state index contributed by atoms with van der Waals surface area (Å²) in [6.07, 6.45) is 1.86. The Labute approximate surface area is 143 Å². The zero-order valence-electron chi connectivity index (χ0n) is 13.5. The molecule has 0 aliphatic carbocycles. The largest absolute Gasteiger partial charge is 0.340 e. The third-order valence-electron chi connectivity index (χ3n) is 4.57. The highest BCUT2D eigenvalue weighted by molar-refractivity contribution is 7.09. The Hall–Kier alpha value is -2.25. The Morgan fingerprint density at radius 2 is 2.00 bits per heavy atom. The molecular weight excluding hydrogens is 322 g/mol. The Balaban J connectivity index is 1.51. The molecule has 7 heteroatoms. The molecule has 1 aliphatic heterocycles. The van der Waals surface area contributed by atoms with Gasteiger partial charge >= 0.3 is 0 Å². The number of anilines is 1. The van der Waals surface area contributed by atoms with E-state index in [1.54, 1.807) is 17.4 Å². The normalized spacial score (nSPS) is 17.3. The van der Waals surface area contributed by atoms with Crippen LogP contribution in [0.2, 0.25) is 0 Å². The minimum atomic E-state index is -0.0748. The number of nitrogens with zero attached hydrogens (tertiary/aromatic N) is 4. The molecule has 0 bridgehead atoms. The number of hydrogen-bond donors (Lipinski definition) is 1. The Morgan fingerprint density at radius 1 is 1.21 bits per heavy atom. The van der Waals surface area contributed by atoms with Crippen molar-refractivity contribution in [2.45, 2.75) is 13.0 Å². The van der Waals surface area contributed by atoms with Gasteiger partial charge in [-0.15, -0.1) is 11.3 Å². The van der Waals surface area contributed by atoms with Gasteiger partial charge in [0.1, 0.15) is 5.01 Å². The van der Waals surface area contributed by atoms with Crippen LogP contribution in [-0.2, 0) is 0 Å². The van der Waals surface area contributed by atoms with Gasteiger partial charge in [-0.3, -0.25) is 14.7 Å². The summed E-state index contributed by atoms with van der Waals surface area (Å²) in [5, 5.41) is 3.81. The number of nitrogens with one attached hydrogen (secondary N) is 1. The maximum atomic E-state index is 12.2. The van der Waals surface area contributed by atoms with Gasteiger partial charge in [-0.1, -0.05) is 12.1 Å². The molecule has 24 heavy (non-hydrogen) atoms.